The van der Waals surface area contributed by atoms with Crippen molar-refractivity contribution < 1.29 is 14.3 Å². The van der Waals surface area contributed by atoms with Crippen LogP contribution in [0, 0.1) is 0 Å². The Bertz CT molecular complexity index is 169. The number of hydrogen-bond acceptors (Lipinski definition) is 4. The van der Waals surface area contributed by atoms with Gasteiger partial charge in [-0.05, 0) is 18.9 Å². The molecule has 0 aromatic carbocycles. The lowest BCUT2D eigenvalue weighted by atomic mass is 10.3. The molecular weight excluding hydrogens is 182 g/mol. The summed E-state index contributed by atoms with van der Waals surface area (Å²) in [6.45, 7) is 5.54. The molecule has 0 aliphatic rings. The van der Waals surface area contributed by atoms with Gasteiger partial charge in [-0.25, -0.2) is 0 Å². The molecule has 0 unspecified atom stereocenters. The number of ether oxygens (including phenoxy) is 2. The topological polar surface area (TPSA) is 40.0 Å². The van der Waals surface area contributed by atoms with Crippen molar-refractivity contribution in [2.24, 2.45) is 5.16 Å². The van der Waals surface area contributed by atoms with Crippen molar-refractivity contribution >= 4 is 5.71 Å². The van der Waals surface area contributed by atoms with E-state index < -0.39 is 0 Å². The first-order valence-corrected chi connectivity index (χ1v) is 4.64. The first kappa shape index (κ1) is 13.1. The van der Waals surface area contributed by atoms with Crippen LogP contribution in [-0.4, -0.2) is 39.8 Å². The van der Waals surface area contributed by atoms with Gasteiger partial charge in [0, 0.05) is 20.3 Å². The van der Waals surface area contributed by atoms with Gasteiger partial charge < -0.3 is 14.3 Å². The zero-order valence-electron chi connectivity index (χ0n) is 8.99. The molecule has 0 N–H and O–H groups in total. The van der Waals surface area contributed by atoms with Crippen LogP contribution in [0.4, 0.5) is 0 Å². The highest BCUT2D eigenvalue weighted by Crippen LogP contribution is 1.92. The third-order valence-corrected chi connectivity index (χ3v) is 1.58. The zero-order valence-corrected chi connectivity index (χ0v) is 8.99. The summed E-state index contributed by atoms with van der Waals surface area (Å²) in [7, 11) is 3.20. The van der Waals surface area contributed by atoms with Crippen LogP contribution >= 0.6 is 0 Å². The van der Waals surface area contributed by atoms with Gasteiger partial charge in [-0.3, -0.25) is 0 Å². The smallest absolute Gasteiger partial charge is 0.106 e. The Kier molecular flexibility index (Phi) is 9.58. The number of rotatable bonds is 9. The molecular formula is C10H19NO3. The lowest BCUT2D eigenvalue weighted by Gasteiger charge is -2.03. The number of unbranched alkanes of at least 4 members (excludes halogenated alkanes) is 1. The lowest BCUT2D eigenvalue weighted by Crippen LogP contribution is -2.07. The molecule has 0 saturated heterocycles. The van der Waals surface area contributed by atoms with E-state index in [-0.39, 0.29) is 0 Å². The second-order valence-electron chi connectivity index (χ2n) is 2.72. The van der Waals surface area contributed by atoms with Crippen LogP contribution in [-0.2, 0) is 14.3 Å². The molecule has 14 heavy (non-hydrogen) atoms. The molecule has 0 bridgehead atoms. The predicted molar refractivity (Wildman–Crippen MR) is 56.6 cm³/mol. The lowest BCUT2D eigenvalue weighted by molar-refractivity contribution is 0.142. The molecule has 0 fully saturated rings. The Labute approximate surface area is 85.5 Å². The zero-order chi connectivity index (χ0) is 10.6. The van der Waals surface area contributed by atoms with E-state index in [4.69, 9.17) is 9.47 Å². The molecule has 4 nitrogen and oxygen atoms in total. The third kappa shape index (κ3) is 7.76. The molecule has 0 amide bonds. The molecule has 0 saturated carbocycles. The standard InChI is InChI=1S/C10H19NO3/c1-4-10(11-13-3)9-14-8-6-5-7-12-2/h4H,1,5-9H2,2-3H3/b11-10+. The van der Waals surface area contributed by atoms with Gasteiger partial charge in [0.05, 0.1) is 6.61 Å². The summed E-state index contributed by atoms with van der Waals surface area (Å²) in [5.74, 6) is 0. The van der Waals surface area contributed by atoms with Gasteiger partial charge in [0.2, 0.25) is 0 Å². The van der Waals surface area contributed by atoms with Crippen molar-refractivity contribution in [1.82, 2.24) is 0 Å². The molecule has 0 aliphatic heterocycles. The quantitative estimate of drug-likeness (QED) is 0.323. The molecule has 0 aromatic heterocycles. The maximum Gasteiger partial charge on any atom is 0.106 e. The van der Waals surface area contributed by atoms with Gasteiger partial charge in [-0.2, -0.15) is 0 Å². The van der Waals surface area contributed by atoms with Crippen molar-refractivity contribution in [1.29, 1.82) is 0 Å². The van der Waals surface area contributed by atoms with E-state index in [0.717, 1.165) is 19.4 Å². The average molecular weight is 201 g/mol. The summed E-state index contributed by atoms with van der Waals surface area (Å²) in [5.41, 5.74) is 0.708. The molecule has 82 valence electrons. The molecule has 0 aromatic rings. The van der Waals surface area contributed by atoms with Crippen LogP contribution < -0.4 is 0 Å². The molecule has 0 radical (unpaired) electrons. The van der Waals surface area contributed by atoms with E-state index in [1.165, 1.54) is 7.11 Å². The summed E-state index contributed by atoms with van der Waals surface area (Å²) in [6.07, 6.45) is 3.63. The molecule has 0 atom stereocenters. The van der Waals surface area contributed by atoms with Gasteiger partial charge in [0.25, 0.3) is 0 Å². The number of oxime groups is 1. The Morgan fingerprint density at radius 1 is 1.29 bits per heavy atom. The summed E-state index contributed by atoms with van der Waals surface area (Å²) in [6, 6.07) is 0. The van der Waals surface area contributed by atoms with E-state index in [9.17, 15) is 0 Å². The van der Waals surface area contributed by atoms with E-state index in [2.05, 4.69) is 16.6 Å². The van der Waals surface area contributed by atoms with E-state index in [0.29, 0.717) is 18.9 Å². The molecule has 0 aliphatic carbocycles. The minimum absolute atomic E-state index is 0.449. The highest BCUT2D eigenvalue weighted by molar-refractivity contribution is 5.95. The van der Waals surface area contributed by atoms with E-state index >= 15 is 0 Å². The first-order valence-electron chi connectivity index (χ1n) is 4.64. The van der Waals surface area contributed by atoms with E-state index in [1.54, 1.807) is 13.2 Å². The van der Waals surface area contributed by atoms with Crippen molar-refractivity contribution in [3.63, 3.8) is 0 Å². The Balaban J connectivity index is 3.33. The fourth-order valence-electron chi connectivity index (χ4n) is 0.867. The summed E-state index contributed by atoms with van der Waals surface area (Å²) < 4.78 is 10.3. The van der Waals surface area contributed by atoms with Crippen LogP contribution in [0.3, 0.4) is 0 Å². The Morgan fingerprint density at radius 3 is 2.57 bits per heavy atom. The van der Waals surface area contributed by atoms with Crippen molar-refractivity contribution in [2.75, 3.05) is 34.0 Å². The summed E-state index contributed by atoms with van der Waals surface area (Å²) in [4.78, 5) is 4.61. The molecule has 4 heteroatoms. The molecule has 0 spiro atoms. The van der Waals surface area contributed by atoms with Gasteiger partial charge in [-0.1, -0.05) is 11.7 Å². The minimum atomic E-state index is 0.449. The van der Waals surface area contributed by atoms with Gasteiger partial charge in [0.1, 0.15) is 12.8 Å². The second-order valence-corrected chi connectivity index (χ2v) is 2.72. The van der Waals surface area contributed by atoms with Gasteiger partial charge >= 0.3 is 0 Å². The third-order valence-electron chi connectivity index (χ3n) is 1.58. The van der Waals surface area contributed by atoms with Gasteiger partial charge in [-0.15, -0.1) is 0 Å². The van der Waals surface area contributed by atoms with Crippen molar-refractivity contribution in [2.45, 2.75) is 12.8 Å². The maximum absolute atomic E-state index is 5.35. The highest BCUT2D eigenvalue weighted by Gasteiger charge is 1.95. The van der Waals surface area contributed by atoms with Crippen LogP contribution in [0.1, 0.15) is 12.8 Å². The van der Waals surface area contributed by atoms with Crippen molar-refractivity contribution in [3.8, 4) is 0 Å². The fourth-order valence-corrected chi connectivity index (χ4v) is 0.867. The number of nitrogens with zero attached hydrogens (tertiary/aromatic N) is 1. The predicted octanol–water partition coefficient (Wildman–Crippen LogP) is 1.62. The van der Waals surface area contributed by atoms with Crippen LogP contribution in [0.15, 0.2) is 17.8 Å². The Hall–Kier alpha value is -0.870. The average Bonchev–Trinajstić information content (AvgIpc) is 2.21. The summed E-state index contributed by atoms with van der Waals surface area (Å²) >= 11 is 0. The fraction of sp³-hybridized carbons (Fsp3) is 0.700. The normalized spacial score (nSPS) is 11.4. The SMILES string of the molecule is C=C/C(COCCCCOC)=N\OC. The van der Waals surface area contributed by atoms with Crippen LogP contribution in [0.2, 0.25) is 0 Å². The maximum atomic E-state index is 5.35. The van der Waals surface area contributed by atoms with Crippen LogP contribution in [0.25, 0.3) is 0 Å². The minimum Gasteiger partial charge on any atom is -0.399 e. The summed E-state index contributed by atoms with van der Waals surface area (Å²) in [5, 5.41) is 3.73. The van der Waals surface area contributed by atoms with E-state index in [1.807, 2.05) is 0 Å². The number of hydrogen-bond donors (Lipinski definition) is 0. The highest BCUT2D eigenvalue weighted by atomic mass is 16.6. The monoisotopic (exact) mass is 201 g/mol. The molecule has 0 rings (SSSR count). The first-order chi connectivity index (χ1) is 6.85. The van der Waals surface area contributed by atoms with Crippen molar-refractivity contribution in [3.05, 3.63) is 12.7 Å². The molecule has 0 heterocycles. The van der Waals surface area contributed by atoms with Crippen LogP contribution in [0.5, 0.6) is 0 Å². The largest absolute Gasteiger partial charge is 0.399 e. The number of methoxy groups -OCH3 is 1. The Morgan fingerprint density at radius 2 is 2.00 bits per heavy atom. The van der Waals surface area contributed by atoms with Gasteiger partial charge in [0.15, 0.2) is 0 Å². The second kappa shape index (κ2) is 10.2.